The van der Waals surface area contributed by atoms with Crippen LogP contribution < -0.4 is 9.47 Å². The van der Waals surface area contributed by atoms with Crippen LogP contribution in [0.25, 0.3) is 0 Å². The molecule has 0 N–H and O–H groups in total. The Morgan fingerprint density at radius 1 is 1.00 bits per heavy atom. The summed E-state index contributed by atoms with van der Waals surface area (Å²) in [6.07, 6.45) is 0. The van der Waals surface area contributed by atoms with Gasteiger partial charge in [0, 0.05) is 25.7 Å². The number of rotatable bonds is 6. The lowest BCUT2D eigenvalue weighted by atomic mass is 10.2. The van der Waals surface area contributed by atoms with Crippen molar-refractivity contribution in [1.29, 1.82) is 0 Å². The van der Waals surface area contributed by atoms with E-state index in [0.29, 0.717) is 30.3 Å². The summed E-state index contributed by atoms with van der Waals surface area (Å²) in [5.41, 5.74) is 0.605. The molecule has 0 fully saturated rings. The SMILES string of the molecule is CN(C)C(=O)c1ccc(OCCOc2cccc(F)c2)cc1. The Bertz CT molecular complexity index is 626. The molecule has 116 valence electrons. The third-order valence-electron chi connectivity index (χ3n) is 2.92. The number of hydrogen-bond donors (Lipinski definition) is 0. The standard InChI is InChI=1S/C17H18FNO3/c1-19(2)17(20)13-6-8-15(9-7-13)21-10-11-22-16-5-3-4-14(18)12-16/h3-9,12H,10-11H2,1-2H3. The molecule has 0 saturated heterocycles. The molecule has 5 heteroatoms. The van der Waals surface area contributed by atoms with Gasteiger partial charge < -0.3 is 14.4 Å². The third-order valence-corrected chi connectivity index (χ3v) is 2.92. The number of carbonyl (C=O) groups excluding carboxylic acids is 1. The fraction of sp³-hybridized carbons (Fsp3) is 0.235. The average molecular weight is 303 g/mol. The molecule has 0 aliphatic rings. The molecular formula is C17H18FNO3. The lowest BCUT2D eigenvalue weighted by Crippen LogP contribution is -2.21. The van der Waals surface area contributed by atoms with Crippen LogP contribution in [0, 0.1) is 5.82 Å². The van der Waals surface area contributed by atoms with E-state index in [0.717, 1.165) is 0 Å². The molecule has 4 nitrogen and oxygen atoms in total. The Kier molecular flexibility index (Phi) is 5.36. The van der Waals surface area contributed by atoms with E-state index in [9.17, 15) is 9.18 Å². The van der Waals surface area contributed by atoms with E-state index >= 15 is 0 Å². The summed E-state index contributed by atoms with van der Waals surface area (Å²) in [7, 11) is 3.41. The van der Waals surface area contributed by atoms with Crippen molar-refractivity contribution in [1.82, 2.24) is 4.90 Å². The van der Waals surface area contributed by atoms with Crippen molar-refractivity contribution in [2.45, 2.75) is 0 Å². The van der Waals surface area contributed by atoms with E-state index in [1.165, 1.54) is 17.0 Å². The highest BCUT2D eigenvalue weighted by molar-refractivity contribution is 5.93. The normalized spacial score (nSPS) is 10.1. The Balaban J connectivity index is 1.79. The van der Waals surface area contributed by atoms with Gasteiger partial charge in [-0.1, -0.05) is 6.07 Å². The van der Waals surface area contributed by atoms with Crippen LogP contribution in [-0.2, 0) is 0 Å². The second-order valence-corrected chi connectivity index (χ2v) is 4.88. The third kappa shape index (κ3) is 4.48. The first-order valence-electron chi connectivity index (χ1n) is 6.89. The fourth-order valence-corrected chi connectivity index (χ4v) is 1.83. The first kappa shape index (κ1) is 15.8. The van der Waals surface area contributed by atoms with Crippen LogP contribution >= 0.6 is 0 Å². The summed E-state index contributed by atoms with van der Waals surface area (Å²) in [5.74, 6) is 0.731. The highest BCUT2D eigenvalue weighted by Crippen LogP contribution is 2.14. The van der Waals surface area contributed by atoms with Crippen LogP contribution in [0.3, 0.4) is 0 Å². The van der Waals surface area contributed by atoms with Gasteiger partial charge in [0.1, 0.15) is 30.5 Å². The molecule has 0 atom stereocenters. The molecule has 0 saturated carbocycles. The van der Waals surface area contributed by atoms with E-state index in [-0.39, 0.29) is 11.7 Å². The Morgan fingerprint density at radius 3 is 2.23 bits per heavy atom. The molecule has 0 bridgehead atoms. The second kappa shape index (κ2) is 7.45. The molecule has 0 aromatic heterocycles. The Hall–Kier alpha value is -2.56. The molecular weight excluding hydrogens is 285 g/mol. The van der Waals surface area contributed by atoms with Crippen LogP contribution in [0.2, 0.25) is 0 Å². The minimum Gasteiger partial charge on any atom is -0.490 e. The summed E-state index contributed by atoms with van der Waals surface area (Å²) in [6, 6.07) is 12.9. The predicted octanol–water partition coefficient (Wildman–Crippen LogP) is 2.99. The smallest absolute Gasteiger partial charge is 0.253 e. The zero-order valence-electron chi connectivity index (χ0n) is 12.6. The largest absolute Gasteiger partial charge is 0.490 e. The van der Waals surface area contributed by atoms with E-state index in [2.05, 4.69) is 0 Å². The van der Waals surface area contributed by atoms with Crippen molar-refractivity contribution >= 4 is 5.91 Å². The van der Waals surface area contributed by atoms with Crippen LogP contribution in [0.5, 0.6) is 11.5 Å². The maximum Gasteiger partial charge on any atom is 0.253 e. The monoisotopic (exact) mass is 303 g/mol. The molecule has 2 rings (SSSR count). The molecule has 2 aromatic carbocycles. The van der Waals surface area contributed by atoms with E-state index < -0.39 is 0 Å². The maximum absolute atomic E-state index is 13.0. The molecule has 1 amide bonds. The second-order valence-electron chi connectivity index (χ2n) is 4.88. The van der Waals surface area contributed by atoms with Crippen LogP contribution in [-0.4, -0.2) is 38.1 Å². The van der Waals surface area contributed by atoms with E-state index in [4.69, 9.17) is 9.47 Å². The van der Waals surface area contributed by atoms with E-state index in [1.54, 1.807) is 50.5 Å². The number of hydrogen-bond acceptors (Lipinski definition) is 3. The van der Waals surface area contributed by atoms with Gasteiger partial charge in [-0.15, -0.1) is 0 Å². The van der Waals surface area contributed by atoms with Gasteiger partial charge in [0.25, 0.3) is 5.91 Å². The summed E-state index contributed by atoms with van der Waals surface area (Å²) < 4.78 is 23.8. The van der Waals surface area contributed by atoms with Gasteiger partial charge in [0.15, 0.2) is 0 Å². The van der Waals surface area contributed by atoms with Crippen molar-refractivity contribution in [3.63, 3.8) is 0 Å². The lowest BCUT2D eigenvalue weighted by molar-refractivity contribution is 0.0827. The number of carbonyl (C=O) groups is 1. The summed E-state index contributed by atoms with van der Waals surface area (Å²) in [6.45, 7) is 0.638. The quantitative estimate of drug-likeness (QED) is 0.770. The zero-order chi connectivity index (χ0) is 15.9. The zero-order valence-corrected chi connectivity index (χ0v) is 12.6. The lowest BCUT2D eigenvalue weighted by Gasteiger charge is -2.11. The number of nitrogens with zero attached hydrogens (tertiary/aromatic N) is 1. The van der Waals surface area contributed by atoms with Crippen LogP contribution in [0.15, 0.2) is 48.5 Å². The predicted molar refractivity (Wildman–Crippen MR) is 81.8 cm³/mol. The van der Waals surface area contributed by atoms with Crippen LogP contribution in [0.1, 0.15) is 10.4 Å². The number of halogens is 1. The van der Waals surface area contributed by atoms with Crippen molar-refractivity contribution in [3.8, 4) is 11.5 Å². The number of benzene rings is 2. The van der Waals surface area contributed by atoms with Gasteiger partial charge in [0.2, 0.25) is 0 Å². The van der Waals surface area contributed by atoms with Crippen molar-refractivity contribution in [3.05, 3.63) is 59.9 Å². The van der Waals surface area contributed by atoms with Gasteiger partial charge in [-0.3, -0.25) is 4.79 Å². The van der Waals surface area contributed by atoms with Gasteiger partial charge in [-0.2, -0.15) is 0 Å². The molecule has 0 aliphatic carbocycles. The van der Waals surface area contributed by atoms with Crippen LogP contribution in [0.4, 0.5) is 4.39 Å². The Morgan fingerprint density at radius 2 is 1.64 bits per heavy atom. The van der Waals surface area contributed by atoms with Gasteiger partial charge >= 0.3 is 0 Å². The molecule has 0 radical (unpaired) electrons. The number of ether oxygens (including phenoxy) is 2. The minimum atomic E-state index is -0.334. The van der Waals surface area contributed by atoms with Gasteiger partial charge in [-0.05, 0) is 36.4 Å². The summed E-state index contributed by atoms with van der Waals surface area (Å²) >= 11 is 0. The highest BCUT2D eigenvalue weighted by Gasteiger charge is 2.07. The first-order valence-corrected chi connectivity index (χ1v) is 6.89. The highest BCUT2D eigenvalue weighted by atomic mass is 19.1. The fourth-order valence-electron chi connectivity index (χ4n) is 1.83. The molecule has 0 aliphatic heterocycles. The van der Waals surface area contributed by atoms with Gasteiger partial charge in [-0.25, -0.2) is 4.39 Å². The maximum atomic E-state index is 13.0. The molecule has 22 heavy (non-hydrogen) atoms. The Labute approximate surface area is 129 Å². The van der Waals surface area contributed by atoms with Crippen molar-refractivity contribution in [2.24, 2.45) is 0 Å². The molecule has 0 spiro atoms. The average Bonchev–Trinajstić information content (AvgIpc) is 2.51. The number of amides is 1. The summed E-state index contributed by atoms with van der Waals surface area (Å²) in [4.78, 5) is 13.3. The minimum absolute atomic E-state index is 0.0546. The molecule has 0 unspecified atom stereocenters. The summed E-state index contributed by atoms with van der Waals surface area (Å²) in [5, 5.41) is 0. The van der Waals surface area contributed by atoms with E-state index in [1.807, 2.05) is 0 Å². The molecule has 0 heterocycles. The topological polar surface area (TPSA) is 38.8 Å². The first-order chi connectivity index (χ1) is 10.6. The molecule has 2 aromatic rings. The van der Waals surface area contributed by atoms with Crippen molar-refractivity contribution in [2.75, 3.05) is 27.3 Å². The van der Waals surface area contributed by atoms with Gasteiger partial charge in [0.05, 0.1) is 0 Å². The van der Waals surface area contributed by atoms with Crippen molar-refractivity contribution < 1.29 is 18.7 Å².